The summed E-state index contributed by atoms with van der Waals surface area (Å²) in [6.45, 7) is 0. The van der Waals surface area contributed by atoms with Crippen LogP contribution in [0, 0.1) is 0 Å². The summed E-state index contributed by atoms with van der Waals surface area (Å²) in [6, 6.07) is 7.15. The predicted octanol–water partition coefficient (Wildman–Crippen LogP) is 3.09. The summed E-state index contributed by atoms with van der Waals surface area (Å²) in [4.78, 5) is 34.7. The molecule has 116 valence electrons. The molecule has 0 aliphatic rings. The summed E-state index contributed by atoms with van der Waals surface area (Å²) in [5.41, 5.74) is -0.752. The lowest BCUT2D eigenvalue weighted by Crippen LogP contribution is -2.11. The second kappa shape index (κ2) is 5.28. The van der Waals surface area contributed by atoms with Gasteiger partial charge in [-0.15, -0.1) is 0 Å². The number of carboxylic acids is 1. The van der Waals surface area contributed by atoms with Crippen LogP contribution in [0.4, 0.5) is 8.78 Å². The van der Waals surface area contributed by atoms with Crippen molar-refractivity contribution in [1.82, 2.24) is 0 Å². The third-order valence-electron chi connectivity index (χ3n) is 3.40. The van der Waals surface area contributed by atoms with Crippen LogP contribution in [0.25, 0.3) is 21.9 Å². The highest BCUT2D eigenvalue weighted by atomic mass is 19.3. The Hall–Kier alpha value is -3.09. The Bertz CT molecular complexity index is 1020. The first-order valence-corrected chi connectivity index (χ1v) is 6.45. The fourth-order valence-electron chi connectivity index (χ4n) is 2.27. The van der Waals surface area contributed by atoms with Gasteiger partial charge in [-0.3, -0.25) is 9.59 Å². The average molecular weight is 318 g/mol. The molecule has 0 aliphatic heterocycles. The number of carbonyl (C=O) groups is 2. The van der Waals surface area contributed by atoms with Crippen molar-refractivity contribution in [1.29, 1.82) is 0 Å². The lowest BCUT2D eigenvalue weighted by Gasteiger charge is -2.04. The summed E-state index contributed by atoms with van der Waals surface area (Å²) in [5.74, 6) is -2.56. The third-order valence-corrected chi connectivity index (χ3v) is 3.40. The van der Waals surface area contributed by atoms with Crippen LogP contribution < -0.4 is 5.43 Å². The Morgan fingerprint density at radius 1 is 0.957 bits per heavy atom. The molecule has 0 spiro atoms. The second-order valence-corrected chi connectivity index (χ2v) is 4.82. The third kappa shape index (κ3) is 2.46. The van der Waals surface area contributed by atoms with Crippen LogP contribution >= 0.6 is 0 Å². The van der Waals surface area contributed by atoms with E-state index in [0.29, 0.717) is 0 Å². The van der Waals surface area contributed by atoms with Crippen LogP contribution in [-0.4, -0.2) is 23.3 Å². The number of halogens is 2. The molecule has 0 saturated heterocycles. The summed E-state index contributed by atoms with van der Waals surface area (Å²) in [7, 11) is 0. The number of carboxylic acid groups (broad SMARTS) is 1. The van der Waals surface area contributed by atoms with Gasteiger partial charge in [0.05, 0.1) is 16.3 Å². The Kier molecular flexibility index (Phi) is 3.40. The number of ketones is 1. The minimum atomic E-state index is -3.15. The number of alkyl halides is 2. The summed E-state index contributed by atoms with van der Waals surface area (Å²) in [5, 5.41) is 9.09. The number of rotatable bonds is 3. The van der Waals surface area contributed by atoms with Crippen LogP contribution in [0.1, 0.15) is 20.7 Å². The van der Waals surface area contributed by atoms with E-state index in [1.807, 2.05) is 0 Å². The van der Waals surface area contributed by atoms with Gasteiger partial charge in [-0.2, -0.15) is 0 Å². The quantitative estimate of drug-likeness (QED) is 0.592. The van der Waals surface area contributed by atoms with Crippen LogP contribution in [-0.2, 0) is 0 Å². The number of carbonyl (C=O) groups excluding carboxylic acids is 1. The Morgan fingerprint density at radius 2 is 1.65 bits per heavy atom. The molecule has 0 unspecified atom stereocenters. The monoisotopic (exact) mass is 318 g/mol. The van der Waals surface area contributed by atoms with Gasteiger partial charge in [0, 0.05) is 5.56 Å². The van der Waals surface area contributed by atoms with Crippen molar-refractivity contribution in [3.63, 3.8) is 0 Å². The molecule has 0 bridgehead atoms. The van der Waals surface area contributed by atoms with Crippen LogP contribution in [0.3, 0.4) is 0 Å². The van der Waals surface area contributed by atoms with Gasteiger partial charge in [-0.1, -0.05) is 6.07 Å². The van der Waals surface area contributed by atoms with E-state index in [1.165, 1.54) is 24.3 Å². The van der Waals surface area contributed by atoms with Gasteiger partial charge in [-0.05, 0) is 30.3 Å². The van der Waals surface area contributed by atoms with Gasteiger partial charge >= 0.3 is 12.4 Å². The molecule has 3 rings (SSSR count). The highest BCUT2D eigenvalue weighted by Gasteiger charge is 2.19. The van der Waals surface area contributed by atoms with E-state index in [2.05, 4.69) is 0 Å². The van der Waals surface area contributed by atoms with Gasteiger partial charge < -0.3 is 9.52 Å². The number of hydrogen-bond donors (Lipinski definition) is 1. The van der Waals surface area contributed by atoms with Crippen LogP contribution in [0.5, 0.6) is 0 Å². The molecule has 0 aliphatic carbocycles. The van der Waals surface area contributed by atoms with Crippen LogP contribution in [0.2, 0.25) is 0 Å². The van der Waals surface area contributed by atoms with E-state index in [4.69, 9.17) is 9.52 Å². The lowest BCUT2D eigenvalue weighted by molar-refractivity contribution is 0.0677. The maximum absolute atomic E-state index is 12.5. The zero-order valence-electron chi connectivity index (χ0n) is 11.4. The van der Waals surface area contributed by atoms with E-state index >= 15 is 0 Å². The van der Waals surface area contributed by atoms with Crippen molar-refractivity contribution in [2.45, 2.75) is 6.43 Å². The van der Waals surface area contributed by atoms with Crippen molar-refractivity contribution in [2.24, 2.45) is 0 Å². The van der Waals surface area contributed by atoms with Crippen molar-refractivity contribution in [2.75, 3.05) is 0 Å². The smallest absolute Gasteiger partial charge is 0.335 e. The molecule has 23 heavy (non-hydrogen) atoms. The molecule has 3 aromatic rings. The first-order valence-electron chi connectivity index (χ1n) is 6.45. The molecular formula is C16H8F2O5. The van der Waals surface area contributed by atoms with E-state index < -0.39 is 23.6 Å². The normalized spacial score (nSPS) is 11.3. The van der Waals surface area contributed by atoms with E-state index in [1.54, 1.807) is 0 Å². The molecular weight excluding hydrogens is 310 g/mol. The molecule has 1 aromatic heterocycles. The second-order valence-electron chi connectivity index (χ2n) is 4.82. The standard InChI is InChI=1S/C16H8F2O5/c17-15(18)13(19)7-1-3-9-12(6-7)23-11-4-2-8(16(21)22)5-10(11)14(9)20/h1-6,15H,(H,21,22). The topological polar surface area (TPSA) is 84.6 Å². The largest absolute Gasteiger partial charge is 0.478 e. The maximum Gasteiger partial charge on any atom is 0.335 e. The fourth-order valence-corrected chi connectivity index (χ4v) is 2.27. The fraction of sp³-hybridized carbons (Fsp3) is 0.0625. The zero-order valence-corrected chi connectivity index (χ0v) is 11.4. The Morgan fingerprint density at radius 3 is 2.30 bits per heavy atom. The van der Waals surface area contributed by atoms with Crippen molar-refractivity contribution >= 4 is 33.7 Å². The van der Waals surface area contributed by atoms with Gasteiger partial charge in [0.15, 0.2) is 0 Å². The summed E-state index contributed by atoms with van der Waals surface area (Å²) >= 11 is 0. The molecule has 0 atom stereocenters. The molecule has 5 nitrogen and oxygen atoms in total. The van der Waals surface area contributed by atoms with Crippen molar-refractivity contribution in [3.05, 3.63) is 57.7 Å². The summed E-state index contributed by atoms with van der Waals surface area (Å²) < 4.78 is 30.4. The van der Waals surface area contributed by atoms with Crippen molar-refractivity contribution in [3.8, 4) is 0 Å². The molecule has 1 N–H and O–H groups in total. The van der Waals surface area contributed by atoms with E-state index in [-0.39, 0.29) is 33.1 Å². The number of benzene rings is 2. The molecule has 0 fully saturated rings. The van der Waals surface area contributed by atoms with Gasteiger partial charge in [0.2, 0.25) is 11.2 Å². The van der Waals surface area contributed by atoms with Gasteiger partial charge in [0.25, 0.3) is 0 Å². The SMILES string of the molecule is O=C(O)c1ccc2oc3cc(C(=O)C(F)F)ccc3c(=O)c2c1. The van der Waals surface area contributed by atoms with Crippen LogP contribution in [0.15, 0.2) is 45.6 Å². The molecule has 7 heteroatoms. The van der Waals surface area contributed by atoms with Gasteiger partial charge in [0.1, 0.15) is 11.2 Å². The van der Waals surface area contributed by atoms with E-state index in [0.717, 1.165) is 12.1 Å². The summed E-state index contributed by atoms with van der Waals surface area (Å²) in [6.07, 6.45) is -3.15. The minimum absolute atomic E-state index is 0.0166. The maximum atomic E-state index is 12.5. The molecule has 1 heterocycles. The molecule has 2 aromatic carbocycles. The van der Waals surface area contributed by atoms with Crippen molar-refractivity contribution < 1.29 is 27.9 Å². The zero-order chi connectivity index (χ0) is 16.7. The highest BCUT2D eigenvalue weighted by Crippen LogP contribution is 2.22. The molecule has 0 saturated carbocycles. The first kappa shape index (κ1) is 14.8. The number of hydrogen-bond acceptors (Lipinski definition) is 4. The first-order chi connectivity index (χ1) is 10.9. The molecule has 0 radical (unpaired) electrons. The number of fused-ring (bicyclic) bond motifs is 2. The highest BCUT2D eigenvalue weighted by molar-refractivity contribution is 6.02. The van der Waals surface area contributed by atoms with E-state index in [9.17, 15) is 23.2 Å². The number of Topliss-reactive ketones (excluding diaryl/α,β-unsaturated/α-hetero) is 1. The average Bonchev–Trinajstić information content (AvgIpc) is 2.53. The van der Waals surface area contributed by atoms with Gasteiger partial charge in [-0.25, -0.2) is 13.6 Å². The minimum Gasteiger partial charge on any atom is -0.478 e. The lowest BCUT2D eigenvalue weighted by atomic mass is 10.1. The predicted molar refractivity (Wildman–Crippen MR) is 77.3 cm³/mol. The molecule has 0 amide bonds. The Labute approximate surface area is 126 Å². The Balaban J connectivity index is 2.29. The number of aromatic carboxylic acids is 1.